The van der Waals surface area contributed by atoms with Crippen LogP contribution in [0.1, 0.15) is 43.1 Å². The van der Waals surface area contributed by atoms with E-state index in [-0.39, 0.29) is 0 Å². The molecule has 0 spiro atoms. The van der Waals surface area contributed by atoms with Crippen LogP contribution >= 0.6 is 0 Å². The van der Waals surface area contributed by atoms with Gasteiger partial charge in [-0.3, -0.25) is 0 Å². The van der Waals surface area contributed by atoms with Crippen LogP contribution in [0.25, 0.3) is 0 Å². The van der Waals surface area contributed by atoms with Gasteiger partial charge < -0.3 is 18.9 Å². The van der Waals surface area contributed by atoms with Crippen LogP contribution in [0.2, 0.25) is 25.7 Å². The minimum absolute atomic E-state index is 0.318. The van der Waals surface area contributed by atoms with Gasteiger partial charge in [-0.2, -0.15) is 0 Å². The molecule has 1 heterocycles. The van der Waals surface area contributed by atoms with Crippen molar-refractivity contribution < 1.29 is 18.9 Å². The zero-order chi connectivity index (χ0) is 21.0. The lowest BCUT2D eigenvalue weighted by molar-refractivity contribution is -0.0583. The molecular formula is C22H38N2O4Si. The highest BCUT2D eigenvalue weighted by Crippen LogP contribution is 2.32. The number of hydrogen-bond donors (Lipinski definition) is 0. The second kappa shape index (κ2) is 13.2. The quantitative estimate of drug-likeness (QED) is 0.190. The van der Waals surface area contributed by atoms with Crippen LogP contribution in [0.4, 0.5) is 0 Å². The fourth-order valence-electron chi connectivity index (χ4n) is 3.26. The van der Waals surface area contributed by atoms with Crippen LogP contribution in [0.3, 0.4) is 0 Å². The number of rotatable bonds is 14. The standard InChI is InChI=1S/C22H38N2O4Si/c1-5-12-25-13-14-28-21-8-6-19(7-9-21)22-23-11-10-20(24-22)17-27-18-26-15-16-29(2,3)4/h5,10-11,19,21H,1,6-9,12-18H2,2-4H3/t19-,21-. The molecule has 7 heteroatoms. The van der Waals surface area contributed by atoms with Gasteiger partial charge >= 0.3 is 0 Å². The van der Waals surface area contributed by atoms with Crippen LogP contribution in [0.5, 0.6) is 0 Å². The average Bonchev–Trinajstić information content (AvgIpc) is 2.70. The van der Waals surface area contributed by atoms with Crippen LogP contribution in [-0.4, -0.2) is 57.4 Å². The Morgan fingerprint density at radius 2 is 1.86 bits per heavy atom. The monoisotopic (exact) mass is 422 g/mol. The van der Waals surface area contributed by atoms with Gasteiger partial charge in [-0.15, -0.1) is 6.58 Å². The summed E-state index contributed by atoms with van der Waals surface area (Å²) < 4.78 is 22.5. The van der Waals surface area contributed by atoms with E-state index in [0.717, 1.165) is 49.9 Å². The minimum atomic E-state index is -1.05. The van der Waals surface area contributed by atoms with Gasteiger partial charge in [-0.05, 0) is 37.8 Å². The first-order valence-corrected chi connectivity index (χ1v) is 14.5. The molecule has 1 fully saturated rings. The third-order valence-corrected chi connectivity index (χ3v) is 6.71. The highest BCUT2D eigenvalue weighted by molar-refractivity contribution is 6.76. The molecule has 0 amide bonds. The topological polar surface area (TPSA) is 62.7 Å². The molecule has 164 valence electrons. The summed E-state index contributed by atoms with van der Waals surface area (Å²) in [6.07, 6.45) is 8.11. The van der Waals surface area contributed by atoms with Gasteiger partial charge in [-0.25, -0.2) is 9.97 Å². The van der Waals surface area contributed by atoms with Crippen molar-refractivity contribution in [2.24, 2.45) is 0 Å². The Balaban J connectivity index is 1.64. The number of hydrogen-bond acceptors (Lipinski definition) is 6. The molecule has 0 radical (unpaired) electrons. The smallest absolute Gasteiger partial charge is 0.147 e. The number of aromatic nitrogens is 2. The second-order valence-electron chi connectivity index (χ2n) is 8.80. The van der Waals surface area contributed by atoms with Crippen molar-refractivity contribution in [3.63, 3.8) is 0 Å². The zero-order valence-electron chi connectivity index (χ0n) is 18.4. The molecular weight excluding hydrogens is 384 g/mol. The Bertz CT molecular complexity index is 586. The zero-order valence-corrected chi connectivity index (χ0v) is 19.4. The minimum Gasteiger partial charge on any atom is -0.376 e. The maximum absolute atomic E-state index is 5.91. The second-order valence-corrected chi connectivity index (χ2v) is 14.4. The molecule has 2 rings (SSSR count). The Morgan fingerprint density at radius 3 is 2.59 bits per heavy atom. The Labute approximate surface area is 177 Å². The van der Waals surface area contributed by atoms with E-state index in [2.05, 4.69) is 31.2 Å². The molecule has 0 aromatic carbocycles. The number of ether oxygens (including phenoxy) is 4. The van der Waals surface area contributed by atoms with Crippen LogP contribution in [-0.2, 0) is 25.6 Å². The van der Waals surface area contributed by atoms with Crippen molar-refractivity contribution in [3.05, 3.63) is 36.4 Å². The lowest BCUT2D eigenvalue weighted by atomic mass is 9.87. The summed E-state index contributed by atoms with van der Waals surface area (Å²) in [5.41, 5.74) is 0.918. The predicted octanol–water partition coefficient (Wildman–Crippen LogP) is 4.55. The first kappa shape index (κ1) is 24.1. The molecule has 0 unspecified atom stereocenters. The average molecular weight is 423 g/mol. The molecule has 29 heavy (non-hydrogen) atoms. The van der Waals surface area contributed by atoms with E-state index in [4.69, 9.17) is 23.9 Å². The van der Waals surface area contributed by atoms with Crippen LogP contribution < -0.4 is 0 Å². The van der Waals surface area contributed by atoms with Gasteiger partial charge in [0.2, 0.25) is 0 Å². The summed E-state index contributed by atoms with van der Waals surface area (Å²) in [4.78, 5) is 9.22. The third-order valence-electron chi connectivity index (χ3n) is 5.00. The molecule has 0 aliphatic heterocycles. The third kappa shape index (κ3) is 10.5. The van der Waals surface area contributed by atoms with E-state index in [9.17, 15) is 0 Å². The largest absolute Gasteiger partial charge is 0.376 e. The van der Waals surface area contributed by atoms with Crippen molar-refractivity contribution in [1.29, 1.82) is 0 Å². The molecule has 1 aliphatic rings. The van der Waals surface area contributed by atoms with Crippen molar-refractivity contribution in [1.82, 2.24) is 9.97 Å². The molecule has 0 atom stereocenters. The van der Waals surface area contributed by atoms with E-state index in [1.54, 1.807) is 6.08 Å². The van der Waals surface area contributed by atoms with E-state index in [1.807, 2.05) is 12.3 Å². The highest BCUT2D eigenvalue weighted by Gasteiger charge is 2.24. The fraction of sp³-hybridized carbons (Fsp3) is 0.727. The Hall–Kier alpha value is -1.12. The van der Waals surface area contributed by atoms with Crippen LogP contribution in [0, 0.1) is 0 Å². The van der Waals surface area contributed by atoms with Crippen molar-refractivity contribution in [2.75, 3.05) is 33.2 Å². The lowest BCUT2D eigenvalue weighted by Gasteiger charge is -2.27. The highest BCUT2D eigenvalue weighted by atomic mass is 28.3. The van der Waals surface area contributed by atoms with E-state index in [0.29, 0.717) is 45.2 Å². The van der Waals surface area contributed by atoms with E-state index < -0.39 is 8.07 Å². The Morgan fingerprint density at radius 1 is 1.07 bits per heavy atom. The predicted molar refractivity (Wildman–Crippen MR) is 118 cm³/mol. The Kier molecular flexibility index (Phi) is 11.0. The molecule has 1 aromatic heterocycles. The van der Waals surface area contributed by atoms with Gasteiger partial charge in [-0.1, -0.05) is 25.7 Å². The van der Waals surface area contributed by atoms with Crippen molar-refractivity contribution in [3.8, 4) is 0 Å². The van der Waals surface area contributed by atoms with E-state index in [1.165, 1.54) is 0 Å². The van der Waals surface area contributed by atoms with Gasteiger partial charge in [0.25, 0.3) is 0 Å². The van der Waals surface area contributed by atoms with Gasteiger partial charge in [0, 0.05) is 26.8 Å². The van der Waals surface area contributed by atoms with Crippen molar-refractivity contribution >= 4 is 8.07 Å². The molecule has 1 aliphatic carbocycles. The first-order chi connectivity index (χ1) is 14.0. The molecule has 0 N–H and O–H groups in total. The molecule has 0 saturated heterocycles. The van der Waals surface area contributed by atoms with Gasteiger partial charge in [0.05, 0.1) is 38.2 Å². The molecule has 1 saturated carbocycles. The maximum atomic E-state index is 5.91. The number of nitrogens with zero attached hydrogens (tertiary/aromatic N) is 2. The molecule has 0 bridgehead atoms. The normalized spacial score (nSPS) is 20.0. The van der Waals surface area contributed by atoms with E-state index >= 15 is 0 Å². The summed E-state index contributed by atoms with van der Waals surface area (Å²) in [5.74, 6) is 1.33. The van der Waals surface area contributed by atoms with Crippen LogP contribution in [0.15, 0.2) is 24.9 Å². The fourth-order valence-corrected chi connectivity index (χ4v) is 4.02. The maximum Gasteiger partial charge on any atom is 0.147 e. The SMILES string of the molecule is C=CCOCCO[C@H]1CC[C@H](c2nccc(COCOCC[Si](C)(C)C)n2)CC1. The lowest BCUT2D eigenvalue weighted by Crippen LogP contribution is -2.23. The summed E-state index contributed by atoms with van der Waals surface area (Å²) in [5, 5.41) is 0. The van der Waals surface area contributed by atoms with Crippen molar-refractivity contribution in [2.45, 2.75) is 70.0 Å². The van der Waals surface area contributed by atoms with Gasteiger partial charge in [0.15, 0.2) is 0 Å². The summed E-state index contributed by atoms with van der Waals surface area (Å²) in [6.45, 7) is 14.1. The first-order valence-electron chi connectivity index (χ1n) is 10.8. The molecule has 6 nitrogen and oxygen atoms in total. The summed E-state index contributed by atoms with van der Waals surface area (Å²) in [7, 11) is -1.05. The summed E-state index contributed by atoms with van der Waals surface area (Å²) >= 11 is 0. The van der Waals surface area contributed by atoms with Gasteiger partial charge in [0.1, 0.15) is 12.6 Å². The molecule has 1 aromatic rings. The summed E-state index contributed by atoms with van der Waals surface area (Å²) in [6, 6.07) is 3.08.